The van der Waals surface area contributed by atoms with E-state index in [1.165, 1.54) is 63.8 Å². The molecular weight excluding hydrogens is 414 g/mol. The molecule has 0 bridgehead atoms. The molecule has 31 heavy (non-hydrogen) atoms. The lowest BCUT2D eigenvalue weighted by Crippen LogP contribution is -2.41. The Balaban J connectivity index is 1.60. The van der Waals surface area contributed by atoms with Crippen molar-refractivity contribution in [3.8, 4) is 0 Å². The lowest BCUT2D eigenvalue weighted by Gasteiger charge is -2.23. The zero-order chi connectivity index (χ0) is 22.4. The molecule has 166 valence electrons. The maximum atomic E-state index is 12.5. The molecule has 0 saturated carbocycles. The van der Waals surface area contributed by atoms with Gasteiger partial charge in [0.2, 0.25) is 15.9 Å². The van der Waals surface area contributed by atoms with Crippen LogP contribution < -0.4 is 14.9 Å². The Morgan fingerprint density at radius 3 is 2.03 bits per heavy atom. The third-order valence-corrected chi connectivity index (χ3v) is 6.96. The van der Waals surface area contributed by atoms with Gasteiger partial charge in [0, 0.05) is 30.0 Å². The Morgan fingerprint density at radius 1 is 0.903 bits per heavy atom. The molecule has 1 fully saturated rings. The summed E-state index contributed by atoms with van der Waals surface area (Å²) in [5.41, 5.74) is 2.16. The first-order chi connectivity index (χ1) is 14.8. The Kier molecular flexibility index (Phi) is 7.46. The average molecular weight is 444 g/mol. The number of benzene rings is 2. The fourth-order valence-corrected chi connectivity index (χ4v) is 4.76. The first-order valence-electron chi connectivity index (χ1n) is 10.6. The van der Waals surface area contributed by atoms with Crippen molar-refractivity contribution >= 4 is 33.1 Å². The summed E-state index contributed by atoms with van der Waals surface area (Å²) in [6.45, 7) is 4.98. The SMILES string of the molecule is CC(=O)c1ccc(S(=O)(=O)N[C@@H](C)C(=O)Nc2ccc(N3CCCCCC3)cc2)cc1. The molecule has 0 spiro atoms. The van der Waals surface area contributed by atoms with Crippen molar-refractivity contribution in [2.45, 2.75) is 50.5 Å². The minimum atomic E-state index is -3.89. The van der Waals surface area contributed by atoms with Gasteiger partial charge in [-0.25, -0.2) is 8.42 Å². The Bertz CT molecular complexity index is 1010. The molecular formula is C23H29N3O4S. The number of hydrogen-bond acceptors (Lipinski definition) is 5. The van der Waals surface area contributed by atoms with Crippen LogP contribution >= 0.6 is 0 Å². The molecule has 1 aliphatic rings. The number of hydrogen-bond donors (Lipinski definition) is 2. The van der Waals surface area contributed by atoms with E-state index in [1.807, 2.05) is 24.3 Å². The minimum absolute atomic E-state index is 0.000970. The predicted molar refractivity (Wildman–Crippen MR) is 122 cm³/mol. The molecule has 1 amide bonds. The largest absolute Gasteiger partial charge is 0.372 e. The summed E-state index contributed by atoms with van der Waals surface area (Å²) >= 11 is 0. The number of carbonyl (C=O) groups excluding carboxylic acids is 2. The highest BCUT2D eigenvalue weighted by molar-refractivity contribution is 7.89. The van der Waals surface area contributed by atoms with Crippen molar-refractivity contribution in [3.63, 3.8) is 0 Å². The highest BCUT2D eigenvalue weighted by atomic mass is 32.2. The first kappa shape index (κ1) is 23.0. The van der Waals surface area contributed by atoms with Gasteiger partial charge in [-0.3, -0.25) is 9.59 Å². The molecule has 8 heteroatoms. The predicted octanol–water partition coefficient (Wildman–Crippen LogP) is 3.58. The van der Waals surface area contributed by atoms with Crippen molar-refractivity contribution < 1.29 is 18.0 Å². The van der Waals surface area contributed by atoms with E-state index in [-0.39, 0.29) is 10.7 Å². The lowest BCUT2D eigenvalue weighted by atomic mass is 10.2. The summed E-state index contributed by atoms with van der Waals surface area (Å²) in [6, 6.07) is 12.3. The molecule has 1 saturated heterocycles. The van der Waals surface area contributed by atoms with Crippen LogP contribution in [0, 0.1) is 0 Å². The van der Waals surface area contributed by atoms with Gasteiger partial charge >= 0.3 is 0 Å². The maximum Gasteiger partial charge on any atom is 0.242 e. The summed E-state index contributed by atoms with van der Waals surface area (Å²) in [5, 5.41) is 2.75. The van der Waals surface area contributed by atoms with E-state index in [4.69, 9.17) is 0 Å². The van der Waals surface area contributed by atoms with Gasteiger partial charge in [-0.2, -0.15) is 4.72 Å². The zero-order valence-corrected chi connectivity index (χ0v) is 18.7. The fourth-order valence-electron chi connectivity index (χ4n) is 3.56. The summed E-state index contributed by atoms with van der Waals surface area (Å²) in [4.78, 5) is 26.2. The molecule has 1 atom stereocenters. The van der Waals surface area contributed by atoms with Crippen LogP contribution in [-0.2, 0) is 14.8 Å². The molecule has 2 aromatic rings. The highest BCUT2D eigenvalue weighted by Crippen LogP contribution is 2.22. The number of nitrogens with one attached hydrogen (secondary N) is 2. The number of Topliss-reactive ketones (excluding diaryl/α,β-unsaturated/α-hetero) is 1. The molecule has 0 unspecified atom stereocenters. The van der Waals surface area contributed by atoms with E-state index in [9.17, 15) is 18.0 Å². The number of carbonyl (C=O) groups is 2. The maximum absolute atomic E-state index is 12.5. The van der Waals surface area contributed by atoms with Crippen LogP contribution in [0.4, 0.5) is 11.4 Å². The second-order valence-corrected chi connectivity index (χ2v) is 9.57. The monoisotopic (exact) mass is 443 g/mol. The molecule has 1 heterocycles. The van der Waals surface area contributed by atoms with Gasteiger partial charge in [-0.05, 0) is 63.1 Å². The Hall–Kier alpha value is -2.71. The normalized spacial score (nSPS) is 15.7. The third kappa shape index (κ3) is 6.15. The van der Waals surface area contributed by atoms with Gasteiger partial charge in [-0.1, -0.05) is 25.0 Å². The molecule has 2 N–H and O–H groups in total. The topological polar surface area (TPSA) is 95.6 Å². The smallest absolute Gasteiger partial charge is 0.242 e. The van der Waals surface area contributed by atoms with Gasteiger partial charge in [0.15, 0.2) is 5.78 Å². The van der Waals surface area contributed by atoms with E-state index in [2.05, 4.69) is 14.9 Å². The van der Waals surface area contributed by atoms with Crippen molar-refractivity contribution in [2.75, 3.05) is 23.3 Å². The Labute approximate surface area is 183 Å². The van der Waals surface area contributed by atoms with E-state index >= 15 is 0 Å². The van der Waals surface area contributed by atoms with Crippen molar-refractivity contribution in [1.29, 1.82) is 0 Å². The molecule has 3 rings (SSSR count). The van der Waals surface area contributed by atoms with Crippen LogP contribution in [0.15, 0.2) is 53.4 Å². The summed E-state index contributed by atoms with van der Waals surface area (Å²) < 4.78 is 27.5. The molecule has 0 aromatic heterocycles. The summed E-state index contributed by atoms with van der Waals surface area (Å²) in [5.74, 6) is -0.599. The molecule has 1 aliphatic heterocycles. The molecule has 0 aliphatic carbocycles. The number of sulfonamides is 1. The highest BCUT2D eigenvalue weighted by Gasteiger charge is 2.22. The third-order valence-electron chi connectivity index (χ3n) is 5.40. The van der Waals surface area contributed by atoms with E-state index < -0.39 is 22.0 Å². The van der Waals surface area contributed by atoms with E-state index in [1.54, 1.807) is 0 Å². The number of anilines is 2. The zero-order valence-electron chi connectivity index (χ0n) is 17.9. The van der Waals surface area contributed by atoms with Crippen LogP contribution in [0.2, 0.25) is 0 Å². The minimum Gasteiger partial charge on any atom is -0.372 e. The summed E-state index contributed by atoms with van der Waals surface area (Å²) in [7, 11) is -3.89. The van der Waals surface area contributed by atoms with Gasteiger partial charge in [0.25, 0.3) is 0 Å². The number of amides is 1. The Morgan fingerprint density at radius 2 is 1.48 bits per heavy atom. The lowest BCUT2D eigenvalue weighted by molar-refractivity contribution is -0.117. The fraction of sp³-hybridized carbons (Fsp3) is 0.391. The van der Waals surface area contributed by atoms with Gasteiger partial charge in [-0.15, -0.1) is 0 Å². The number of ketones is 1. The van der Waals surface area contributed by atoms with Crippen LogP contribution in [0.25, 0.3) is 0 Å². The van der Waals surface area contributed by atoms with Crippen LogP contribution in [0.3, 0.4) is 0 Å². The van der Waals surface area contributed by atoms with E-state index in [0.717, 1.165) is 18.8 Å². The van der Waals surface area contributed by atoms with Crippen LogP contribution in [0.5, 0.6) is 0 Å². The van der Waals surface area contributed by atoms with E-state index in [0.29, 0.717) is 11.3 Å². The van der Waals surface area contributed by atoms with Crippen molar-refractivity contribution in [1.82, 2.24) is 4.72 Å². The second-order valence-electron chi connectivity index (χ2n) is 7.86. The van der Waals surface area contributed by atoms with Gasteiger partial charge in [0.1, 0.15) is 0 Å². The first-order valence-corrected chi connectivity index (χ1v) is 12.0. The quantitative estimate of drug-likeness (QED) is 0.638. The van der Waals surface area contributed by atoms with Crippen LogP contribution in [-0.4, -0.2) is 39.2 Å². The standard InChI is InChI=1S/C23H29N3O4S/c1-17(25-31(29,30)22-13-7-19(8-14-22)18(2)27)23(28)24-20-9-11-21(12-10-20)26-15-5-3-4-6-16-26/h7-14,17,25H,3-6,15-16H2,1-2H3,(H,24,28)/t17-/m0/s1. The second kappa shape index (κ2) is 10.1. The van der Waals surface area contributed by atoms with Crippen molar-refractivity contribution in [2.24, 2.45) is 0 Å². The van der Waals surface area contributed by atoms with Crippen molar-refractivity contribution in [3.05, 3.63) is 54.1 Å². The number of rotatable bonds is 7. The van der Waals surface area contributed by atoms with Gasteiger partial charge < -0.3 is 10.2 Å². The molecule has 7 nitrogen and oxygen atoms in total. The molecule has 2 aromatic carbocycles. The molecule has 0 radical (unpaired) electrons. The summed E-state index contributed by atoms with van der Waals surface area (Å²) in [6.07, 6.45) is 4.90. The van der Waals surface area contributed by atoms with Crippen LogP contribution in [0.1, 0.15) is 49.9 Å². The van der Waals surface area contributed by atoms with Gasteiger partial charge in [0.05, 0.1) is 10.9 Å². The number of nitrogens with zero attached hydrogens (tertiary/aromatic N) is 1. The average Bonchev–Trinajstić information content (AvgIpc) is 3.03.